The molecule has 0 spiro atoms. The molecule has 2 radical (unpaired) electrons. The Balaban J connectivity index is 2.26. The number of ether oxygens (including phenoxy) is 1. The molecule has 0 fully saturated rings. The van der Waals surface area contributed by atoms with Gasteiger partial charge in [-0.3, -0.25) is 0 Å². The van der Waals surface area contributed by atoms with Crippen LogP contribution in [0.15, 0.2) is 4.40 Å². The molecule has 0 saturated carbocycles. The number of nitrogens with zero attached hydrogens (tertiary/aromatic N) is 1. The summed E-state index contributed by atoms with van der Waals surface area (Å²) in [5, 5.41) is 0. The molecular formula is C3H7NOS. The second kappa shape index (κ2) is 2.08. The molecule has 1 heterocycles. The van der Waals surface area contributed by atoms with E-state index in [1.165, 1.54) is 0 Å². The smallest absolute Gasteiger partial charge is 0.282 e. The highest BCUT2D eigenvalue weighted by Crippen LogP contribution is 2.02. The van der Waals surface area contributed by atoms with Gasteiger partial charge < -0.3 is 4.74 Å². The fourth-order valence-electron chi connectivity index (χ4n) is 0.296. The molecule has 0 N–H and O–H groups in total. The summed E-state index contributed by atoms with van der Waals surface area (Å²) in [7, 11) is 0. The minimum Gasteiger partial charge on any atom is -0.473 e. The van der Waals surface area contributed by atoms with E-state index in [-0.39, 0.29) is 0 Å². The van der Waals surface area contributed by atoms with Gasteiger partial charge in [0, 0.05) is 5.75 Å². The molecule has 1 aliphatic rings. The van der Waals surface area contributed by atoms with Gasteiger partial charge in [0.05, 0.1) is 6.61 Å². The Morgan fingerprint density at radius 2 is 2.83 bits per heavy atom. The van der Waals surface area contributed by atoms with Gasteiger partial charge in [0.25, 0.3) is 6.40 Å². The standard InChI is InChI=1S/C3H7NOS/c1-2-6-4-3-5-1/h1-2H2,6H3. The molecule has 0 aromatic rings. The van der Waals surface area contributed by atoms with E-state index in [1.807, 2.05) is 0 Å². The lowest BCUT2D eigenvalue weighted by molar-refractivity contribution is 0.345. The lowest BCUT2D eigenvalue weighted by Gasteiger charge is -2.02. The van der Waals surface area contributed by atoms with Crippen molar-refractivity contribution in [3.63, 3.8) is 0 Å². The molecule has 1 aliphatic heterocycles. The van der Waals surface area contributed by atoms with Gasteiger partial charge in [-0.05, 0) is 0 Å². The summed E-state index contributed by atoms with van der Waals surface area (Å²) in [6.07, 6.45) is 2.45. The summed E-state index contributed by atoms with van der Waals surface area (Å²) >= 11 is 0.294. The summed E-state index contributed by atoms with van der Waals surface area (Å²) in [6.45, 7) is 0.832. The van der Waals surface area contributed by atoms with Gasteiger partial charge in [-0.2, -0.15) is 0 Å². The number of rotatable bonds is 0. The van der Waals surface area contributed by atoms with E-state index in [9.17, 15) is 0 Å². The van der Waals surface area contributed by atoms with Crippen molar-refractivity contribution in [3.05, 3.63) is 0 Å². The van der Waals surface area contributed by atoms with Crippen LogP contribution in [0.1, 0.15) is 0 Å². The van der Waals surface area contributed by atoms with Crippen LogP contribution in [0.25, 0.3) is 0 Å². The van der Waals surface area contributed by atoms with Crippen LogP contribution < -0.4 is 0 Å². The van der Waals surface area contributed by atoms with E-state index < -0.39 is 0 Å². The van der Waals surface area contributed by atoms with Crippen molar-refractivity contribution in [1.82, 2.24) is 0 Å². The van der Waals surface area contributed by atoms with Crippen molar-refractivity contribution >= 4 is 18.3 Å². The Morgan fingerprint density at radius 3 is 3.00 bits per heavy atom. The van der Waals surface area contributed by atoms with Crippen LogP contribution in [-0.4, -0.2) is 18.8 Å². The van der Waals surface area contributed by atoms with E-state index in [0.29, 0.717) is 11.9 Å². The Kier molecular flexibility index (Phi) is 1.38. The zero-order valence-electron chi connectivity index (χ0n) is 3.35. The van der Waals surface area contributed by atoms with E-state index >= 15 is 0 Å². The normalized spacial score (nSPS) is 21.3. The first-order valence-corrected chi connectivity index (χ1v) is 3.22. The summed E-state index contributed by atoms with van der Waals surface area (Å²) in [5.74, 6) is 1.13. The molecule has 2 nitrogen and oxygen atoms in total. The van der Waals surface area contributed by atoms with Gasteiger partial charge in [0.2, 0.25) is 0 Å². The third-order valence-electron chi connectivity index (χ3n) is 0.558. The van der Waals surface area contributed by atoms with Crippen LogP contribution in [-0.2, 0) is 4.74 Å². The molecule has 0 aliphatic carbocycles. The Bertz CT molecular complexity index is 55.8. The monoisotopic (exact) mass is 105 g/mol. The summed E-state index contributed by atoms with van der Waals surface area (Å²) in [6, 6.07) is 0. The van der Waals surface area contributed by atoms with Crippen molar-refractivity contribution < 1.29 is 4.74 Å². The van der Waals surface area contributed by atoms with Crippen LogP contribution in [0.2, 0.25) is 0 Å². The zero-order chi connectivity index (χ0) is 4.24. The first-order valence-electron chi connectivity index (χ1n) is 1.88. The molecule has 0 saturated heterocycles. The summed E-state index contributed by atoms with van der Waals surface area (Å²) in [4.78, 5) is 0. The quantitative estimate of drug-likeness (QED) is 0.417. The summed E-state index contributed by atoms with van der Waals surface area (Å²) in [5.41, 5.74) is 0. The van der Waals surface area contributed by atoms with Gasteiger partial charge >= 0.3 is 0 Å². The lowest BCUT2D eigenvalue weighted by atomic mass is 10.9. The van der Waals surface area contributed by atoms with Crippen molar-refractivity contribution in [3.8, 4) is 0 Å². The van der Waals surface area contributed by atoms with E-state index in [1.54, 1.807) is 0 Å². The van der Waals surface area contributed by atoms with Gasteiger partial charge in [-0.1, -0.05) is 0 Å². The topological polar surface area (TPSA) is 21.6 Å². The minimum atomic E-state index is 0.294. The molecule has 0 atom stereocenters. The third-order valence-corrected chi connectivity index (χ3v) is 1.34. The zero-order valence-corrected chi connectivity index (χ0v) is 4.50. The van der Waals surface area contributed by atoms with Crippen LogP contribution in [0.3, 0.4) is 0 Å². The van der Waals surface area contributed by atoms with Crippen LogP contribution in [0.4, 0.5) is 0 Å². The predicted molar refractivity (Wildman–Crippen MR) is 30.0 cm³/mol. The third kappa shape index (κ3) is 0.897. The second-order valence-electron chi connectivity index (χ2n) is 1.04. The Labute approximate surface area is 40.7 Å². The van der Waals surface area contributed by atoms with Crippen molar-refractivity contribution in [2.45, 2.75) is 0 Å². The highest BCUT2D eigenvalue weighted by molar-refractivity contribution is 7.98. The van der Waals surface area contributed by atoms with Crippen LogP contribution in [0.5, 0.6) is 0 Å². The molecule has 36 valence electrons. The fraction of sp³-hybridized carbons (Fsp3) is 0.667. The lowest BCUT2D eigenvalue weighted by Crippen LogP contribution is -1.97. The van der Waals surface area contributed by atoms with Gasteiger partial charge in [-0.25, -0.2) is 16.3 Å². The SMILES string of the molecule is [C]1=N[SH3]CCO1. The van der Waals surface area contributed by atoms with E-state index in [2.05, 4.69) is 15.5 Å². The number of hydrogen-bond acceptors (Lipinski definition) is 2. The molecule has 0 unspecified atom stereocenters. The van der Waals surface area contributed by atoms with Gasteiger partial charge in [0.1, 0.15) is 0 Å². The van der Waals surface area contributed by atoms with E-state index in [4.69, 9.17) is 0 Å². The average Bonchev–Trinajstić information content (AvgIpc) is 1.72. The summed E-state index contributed by atoms with van der Waals surface area (Å²) < 4.78 is 8.46. The van der Waals surface area contributed by atoms with E-state index in [0.717, 1.165) is 12.4 Å². The molecular weight excluding hydrogens is 98.1 g/mol. The molecule has 3 heteroatoms. The average molecular weight is 105 g/mol. The minimum absolute atomic E-state index is 0.294. The van der Waals surface area contributed by atoms with Crippen molar-refractivity contribution in [2.24, 2.45) is 4.40 Å². The molecule has 1 rings (SSSR count). The highest BCUT2D eigenvalue weighted by atomic mass is 32.2. The molecule has 0 bridgehead atoms. The number of hydrogen-bond donors (Lipinski definition) is 0. The van der Waals surface area contributed by atoms with Gasteiger partial charge in [0.15, 0.2) is 0 Å². The maximum atomic E-state index is 4.67. The second-order valence-corrected chi connectivity index (χ2v) is 2.24. The molecule has 0 aromatic carbocycles. The maximum absolute atomic E-state index is 4.67. The Hall–Kier alpha value is -0.180. The first kappa shape index (κ1) is 3.99. The largest absolute Gasteiger partial charge is 0.473 e. The maximum Gasteiger partial charge on any atom is 0.282 e. The van der Waals surface area contributed by atoms with Crippen LogP contribution in [0, 0.1) is 0 Å². The predicted octanol–water partition coefficient (Wildman–Crippen LogP) is -0.233. The molecule has 6 heavy (non-hydrogen) atoms. The van der Waals surface area contributed by atoms with Crippen molar-refractivity contribution in [1.29, 1.82) is 0 Å². The molecule has 0 amide bonds. The van der Waals surface area contributed by atoms with Crippen LogP contribution >= 0.6 is 11.9 Å². The highest BCUT2D eigenvalue weighted by Gasteiger charge is 1.85. The van der Waals surface area contributed by atoms with Gasteiger partial charge in [-0.15, -0.1) is 0 Å². The first-order chi connectivity index (χ1) is 3.00. The van der Waals surface area contributed by atoms with Crippen molar-refractivity contribution in [2.75, 3.05) is 12.4 Å². The Morgan fingerprint density at radius 1 is 1.83 bits per heavy atom. The molecule has 0 aromatic heterocycles. The fourth-order valence-corrected chi connectivity index (χ4v) is 0.798.